The van der Waals surface area contributed by atoms with Crippen molar-refractivity contribution < 1.29 is 45.5 Å². The van der Waals surface area contributed by atoms with Crippen LogP contribution in [0.2, 0.25) is 0 Å². The highest BCUT2D eigenvalue weighted by molar-refractivity contribution is 5.81. The third-order valence-corrected chi connectivity index (χ3v) is 21.4. The third kappa shape index (κ3) is 19.6. The second-order valence-corrected chi connectivity index (χ2v) is 30.1. The largest absolute Gasteiger partial charge is 0.352 e. The van der Waals surface area contributed by atoms with Crippen LogP contribution >= 0.6 is 0 Å². The number of carbonyl (C=O) groups is 4. The molecule has 8 aromatic rings. The molecule has 0 unspecified atom stereocenters. The maximum absolute atomic E-state index is 14.2. The number of carbonyl (C=O) groups excluding carboxylic acids is 4. The van der Waals surface area contributed by atoms with Crippen LogP contribution in [0.4, 0.5) is 49.6 Å². The fraction of sp³-hybridized carbons (Fsp3) is 0.463. The molecule has 108 heavy (non-hydrogen) atoms. The van der Waals surface area contributed by atoms with Gasteiger partial charge in [-0.15, -0.1) is 20.4 Å². The molecule has 0 radical (unpaired) electrons. The third-order valence-electron chi connectivity index (χ3n) is 21.4. The number of benzene rings is 4. The summed E-state index contributed by atoms with van der Waals surface area (Å²) in [5.74, 6) is 1.52. The predicted octanol–water partition coefficient (Wildman–Crippen LogP) is 11.8. The minimum absolute atomic E-state index is 0.00713. The van der Waals surface area contributed by atoms with E-state index in [0.717, 1.165) is 146 Å². The van der Waals surface area contributed by atoms with Gasteiger partial charge in [0.25, 0.3) is 0 Å². The summed E-state index contributed by atoms with van der Waals surface area (Å²) in [6.07, 6.45) is 8.15. The van der Waals surface area contributed by atoms with Gasteiger partial charge in [0.2, 0.25) is 23.6 Å². The van der Waals surface area contributed by atoms with Gasteiger partial charge in [-0.05, 0) is 235 Å². The molecule has 4 aliphatic carbocycles. The molecule has 4 saturated heterocycles. The molecule has 26 heteroatoms. The molecule has 0 N–H and O–H groups in total. The van der Waals surface area contributed by atoms with Gasteiger partial charge in [0.05, 0.1) is 48.5 Å². The number of hydrogen-bond donors (Lipinski definition) is 0. The van der Waals surface area contributed by atoms with E-state index in [9.17, 15) is 45.5 Å². The summed E-state index contributed by atoms with van der Waals surface area (Å²) in [4.78, 5) is 66.4. The van der Waals surface area contributed by atoms with Crippen LogP contribution in [-0.4, -0.2) is 188 Å². The normalized spacial score (nSPS) is 18.7. The first-order chi connectivity index (χ1) is 52.0. The van der Waals surface area contributed by atoms with Gasteiger partial charge >= 0.3 is 0 Å². The zero-order chi connectivity index (χ0) is 75.9. The number of rotatable bonds is 16. The number of hydrogen-bond acceptors (Lipinski definition) is 16. The Hall–Kier alpha value is -10.1. The van der Waals surface area contributed by atoms with E-state index in [-0.39, 0.29) is 96.0 Å². The average molecular weight is 1480 g/mol. The first kappa shape index (κ1) is 76.1. The lowest BCUT2D eigenvalue weighted by molar-refractivity contribution is -0.133. The van der Waals surface area contributed by atoms with Crippen molar-refractivity contribution >= 4 is 46.9 Å². The minimum atomic E-state index is -0.525. The van der Waals surface area contributed by atoms with Gasteiger partial charge in [0.15, 0.2) is 23.3 Å². The van der Waals surface area contributed by atoms with Crippen LogP contribution in [0.1, 0.15) is 156 Å². The molecule has 8 aliphatic rings. The number of aromatic nitrogens is 8. The lowest BCUT2D eigenvalue weighted by atomic mass is 10.0. The van der Waals surface area contributed by atoms with Gasteiger partial charge < -0.3 is 39.2 Å². The Morgan fingerprint density at radius 3 is 0.861 bits per heavy atom. The molecule has 568 valence electrons. The zero-order valence-corrected chi connectivity index (χ0v) is 62.3. The molecule has 4 amide bonds. The summed E-state index contributed by atoms with van der Waals surface area (Å²) < 4.78 is 85.2. The topological polar surface area (TPSA) is 197 Å². The van der Waals surface area contributed by atoms with Crippen molar-refractivity contribution in [2.45, 2.75) is 154 Å². The lowest BCUT2D eigenvalue weighted by Gasteiger charge is -2.40. The first-order valence-corrected chi connectivity index (χ1v) is 37.9. The van der Waals surface area contributed by atoms with Crippen molar-refractivity contribution in [3.8, 4) is 0 Å². The van der Waals surface area contributed by atoms with Crippen LogP contribution in [0, 0.1) is 62.6 Å². The maximum Gasteiger partial charge on any atom is 0.227 e. The molecule has 4 aromatic heterocycles. The van der Waals surface area contributed by atoms with Gasteiger partial charge in [-0.1, -0.05) is 24.3 Å². The average Bonchev–Trinajstić information content (AvgIpc) is 1.69. The van der Waals surface area contributed by atoms with E-state index in [1.54, 1.807) is 9.80 Å². The predicted molar refractivity (Wildman–Crippen MR) is 400 cm³/mol. The molecule has 2 atom stereocenters. The Balaban J connectivity index is 0.000000127. The van der Waals surface area contributed by atoms with Gasteiger partial charge in [-0.2, -0.15) is 20.4 Å². The Morgan fingerprint density at radius 2 is 0.593 bits per heavy atom. The van der Waals surface area contributed by atoms with Crippen molar-refractivity contribution in [2.75, 3.05) is 111 Å². The van der Waals surface area contributed by atoms with Crippen molar-refractivity contribution in [2.24, 2.45) is 0 Å². The molecule has 0 bridgehead atoms. The highest BCUT2D eigenvalue weighted by Gasteiger charge is 2.36. The summed E-state index contributed by atoms with van der Waals surface area (Å²) in [6, 6.07) is 31.5. The Bertz CT molecular complexity index is 4160. The molecule has 0 spiro atoms. The van der Waals surface area contributed by atoms with E-state index < -0.39 is 23.3 Å². The first-order valence-electron chi connectivity index (χ1n) is 37.9. The molecule has 8 heterocycles. The number of halogens is 6. The summed E-state index contributed by atoms with van der Waals surface area (Å²) in [5, 5.41) is 33.2. The second-order valence-electron chi connectivity index (χ2n) is 30.1. The van der Waals surface area contributed by atoms with Crippen LogP contribution in [0.15, 0.2) is 109 Å². The summed E-state index contributed by atoms with van der Waals surface area (Å²) in [5.41, 5.74) is 7.75. The number of aryl methyl sites for hydroxylation is 4. The number of anilines is 4. The van der Waals surface area contributed by atoms with Crippen LogP contribution in [0.5, 0.6) is 0 Å². The van der Waals surface area contributed by atoms with Crippen molar-refractivity contribution in [1.29, 1.82) is 0 Å². The monoisotopic (exact) mass is 1480 g/mol. The van der Waals surface area contributed by atoms with E-state index in [4.69, 9.17) is 0 Å². The second kappa shape index (κ2) is 34.0. The number of nitrogens with zero attached hydrogens (tertiary/aromatic N) is 16. The maximum atomic E-state index is 14.2. The molecule has 4 saturated carbocycles. The Labute approximate surface area is 626 Å². The van der Waals surface area contributed by atoms with Gasteiger partial charge in [0.1, 0.15) is 34.9 Å². The smallest absolute Gasteiger partial charge is 0.227 e. The minimum Gasteiger partial charge on any atom is -0.352 e. The lowest BCUT2D eigenvalue weighted by Crippen LogP contribution is -2.54. The van der Waals surface area contributed by atoms with Crippen molar-refractivity contribution in [3.05, 3.63) is 211 Å². The quantitative estimate of drug-likeness (QED) is 0.0827. The van der Waals surface area contributed by atoms with E-state index in [2.05, 4.69) is 60.4 Å². The van der Waals surface area contributed by atoms with Gasteiger partial charge in [-0.25, -0.2) is 26.3 Å². The zero-order valence-electron chi connectivity index (χ0n) is 62.3. The fourth-order valence-electron chi connectivity index (χ4n) is 14.6. The number of piperazine rings is 4. The molecular formula is C82H94F6N16O4. The SMILES string of the molecule is Cc1ccc(N2CCN(C(=O)Cc3cc(F)c(C4CC4)c(F)c3)CC2)nn1.Cc1ccc(N2CCN(C(=O)Cc3cc(F)c(C4CC4)c(F)c3)CC2)nn1.Cc1ccc(N2CCN(C(=O)Cc3ccc(C4CC4)c(F)c3)[C@@H](C)C2)nn1.Cc1ccc(N2CCN(C(=O)Cc3ccc(C4CC4)c(F)c3)[C@H](C)C2)nn1. The van der Waals surface area contributed by atoms with E-state index >= 15 is 0 Å². The molecule has 4 aliphatic heterocycles. The molecule has 4 aromatic carbocycles. The van der Waals surface area contributed by atoms with E-state index in [1.165, 1.54) is 36.4 Å². The fourth-order valence-corrected chi connectivity index (χ4v) is 14.6. The van der Waals surface area contributed by atoms with Crippen LogP contribution in [-0.2, 0) is 44.9 Å². The molecule has 16 rings (SSSR count). The summed E-state index contributed by atoms with van der Waals surface area (Å²) in [6.45, 7) is 20.7. The van der Waals surface area contributed by atoms with E-state index in [0.29, 0.717) is 88.4 Å². The Morgan fingerprint density at radius 1 is 0.315 bits per heavy atom. The summed E-state index contributed by atoms with van der Waals surface area (Å²) >= 11 is 0. The highest BCUT2D eigenvalue weighted by Crippen LogP contribution is 2.45. The van der Waals surface area contributed by atoms with Gasteiger partial charge in [0, 0.05) is 115 Å². The molecule has 8 fully saturated rings. The van der Waals surface area contributed by atoms with Crippen LogP contribution in [0.25, 0.3) is 0 Å². The van der Waals surface area contributed by atoms with Gasteiger partial charge in [-0.3, -0.25) is 19.2 Å². The van der Waals surface area contributed by atoms with Crippen LogP contribution < -0.4 is 19.6 Å². The van der Waals surface area contributed by atoms with Crippen molar-refractivity contribution in [1.82, 2.24) is 60.4 Å². The number of amides is 4. The molecule has 20 nitrogen and oxygen atoms in total. The van der Waals surface area contributed by atoms with Crippen LogP contribution in [0.3, 0.4) is 0 Å². The van der Waals surface area contributed by atoms with Crippen molar-refractivity contribution in [3.63, 3.8) is 0 Å². The Kier molecular flexibility index (Phi) is 23.9. The van der Waals surface area contributed by atoms with E-state index in [1.807, 2.05) is 124 Å². The summed E-state index contributed by atoms with van der Waals surface area (Å²) in [7, 11) is 0. The highest BCUT2D eigenvalue weighted by atomic mass is 19.2. The standard InChI is InChI=1S/2C21H25FN4O.2C20H22F2N4O/c2*1-14-3-8-20(24-23-14)25-9-10-26(15(2)13-25)21(27)12-16-4-7-18(17-5-6-17)19(22)11-16;2*1-13-2-5-18(24-23-13)25-6-8-26(9-7-25)19(27)12-14-10-16(21)20(15-3-4-15)17(22)11-14/h2*3-4,7-8,11,15,17H,5-6,9-10,12-13H2,1-2H3;2*2,5,10-11,15H,3-4,6-9,12H2,1H3/t2*15-;;/m10../s1. The molecular weight excluding hydrogens is 1390 g/mol.